The first kappa shape index (κ1) is 13.8. The molecule has 1 aromatic heterocycles. The summed E-state index contributed by atoms with van der Waals surface area (Å²) in [5.74, 6) is -0.0814. The van der Waals surface area contributed by atoms with Crippen LogP contribution in [0.4, 0.5) is 0 Å². The fourth-order valence-corrected chi connectivity index (χ4v) is 2.02. The highest BCUT2D eigenvalue weighted by atomic mass is 79.9. The van der Waals surface area contributed by atoms with Crippen molar-refractivity contribution >= 4 is 21.8 Å². The summed E-state index contributed by atoms with van der Waals surface area (Å²) < 4.78 is 2.84. The molecule has 1 rings (SSSR count). The first-order valence-corrected chi connectivity index (χ1v) is 6.49. The second-order valence-corrected chi connectivity index (χ2v) is 4.67. The predicted octanol–water partition coefficient (Wildman–Crippen LogP) is 2.69. The van der Waals surface area contributed by atoms with Crippen molar-refractivity contribution in [2.75, 3.05) is 6.54 Å². The van der Waals surface area contributed by atoms with Crippen molar-refractivity contribution in [2.45, 2.75) is 32.7 Å². The monoisotopic (exact) mass is 297 g/mol. The van der Waals surface area contributed by atoms with Crippen molar-refractivity contribution < 1.29 is 4.79 Å². The van der Waals surface area contributed by atoms with Crippen LogP contribution in [0.1, 0.15) is 36.7 Å². The van der Waals surface area contributed by atoms with Gasteiger partial charge in [-0.05, 0) is 34.8 Å². The summed E-state index contributed by atoms with van der Waals surface area (Å²) in [7, 11) is 0. The first-order chi connectivity index (χ1) is 8.19. The number of hydrogen-bond donors (Lipinski definition) is 1. The molecule has 0 radical (unpaired) electrons. The molecule has 17 heavy (non-hydrogen) atoms. The van der Waals surface area contributed by atoms with Gasteiger partial charge in [-0.3, -0.25) is 4.79 Å². The van der Waals surface area contributed by atoms with E-state index >= 15 is 0 Å². The fraction of sp³-hybridized carbons (Fsp3) is 0.500. The van der Waals surface area contributed by atoms with Crippen LogP contribution in [0.15, 0.2) is 16.7 Å². The zero-order valence-electron chi connectivity index (χ0n) is 9.87. The van der Waals surface area contributed by atoms with Gasteiger partial charge in [-0.2, -0.15) is 5.26 Å². The highest BCUT2D eigenvalue weighted by molar-refractivity contribution is 9.10. The summed E-state index contributed by atoms with van der Waals surface area (Å²) >= 11 is 3.37. The number of carbonyl (C=O) groups excluding carboxylic acids is 1. The second kappa shape index (κ2) is 7.13. The molecular formula is C12H16BrN3O. The largest absolute Gasteiger partial charge is 0.351 e. The van der Waals surface area contributed by atoms with Gasteiger partial charge >= 0.3 is 0 Å². The molecule has 0 unspecified atom stereocenters. The average molecular weight is 298 g/mol. The Morgan fingerprint density at radius 1 is 1.65 bits per heavy atom. The van der Waals surface area contributed by atoms with Crippen LogP contribution in [-0.2, 0) is 6.54 Å². The summed E-state index contributed by atoms with van der Waals surface area (Å²) in [6.07, 6.45) is 4.06. The lowest BCUT2D eigenvalue weighted by Gasteiger charge is -2.07. The van der Waals surface area contributed by atoms with E-state index in [-0.39, 0.29) is 5.91 Å². The van der Waals surface area contributed by atoms with Crippen LogP contribution in [0.2, 0.25) is 0 Å². The van der Waals surface area contributed by atoms with E-state index in [0.29, 0.717) is 25.1 Å². The quantitative estimate of drug-likeness (QED) is 0.821. The Balaban J connectivity index is 2.58. The Morgan fingerprint density at radius 2 is 2.41 bits per heavy atom. The third-order valence-corrected chi connectivity index (χ3v) is 2.74. The van der Waals surface area contributed by atoms with E-state index in [0.717, 1.165) is 17.4 Å². The Morgan fingerprint density at radius 3 is 3.06 bits per heavy atom. The van der Waals surface area contributed by atoms with Gasteiger partial charge in [0.2, 0.25) is 0 Å². The molecule has 0 aromatic carbocycles. The van der Waals surface area contributed by atoms with Crippen LogP contribution in [-0.4, -0.2) is 17.0 Å². The van der Waals surface area contributed by atoms with E-state index in [9.17, 15) is 4.79 Å². The molecule has 0 atom stereocenters. The summed E-state index contributed by atoms with van der Waals surface area (Å²) in [4.78, 5) is 11.9. The smallest absolute Gasteiger partial charge is 0.267 e. The van der Waals surface area contributed by atoms with E-state index in [1.807, 2.05) is 16.8 Å². The number of aromatic nitrogens is 1. The van der Waals surface area contributed by atoms with Gasteiger partial charge in [-0.1, -0.05) is 6.92 Å². The molecule has 0 saturated heterocycles. The minimum atomic E-state index is -0.0814. The predicted molar refractivity (Wildman–Crippen MR) is 69.6 cm³/mol. The molecule has 0 aliphatic carbocycles. The maximum Gasteiger partial charge on any atom is 0.267 e. The van der Waals surface area contributed by atoms with Gasteiger partial charge in [0.25, 0.3) is 5.91 Å². The maximum absolute atomic E-state index is 11.9. The third-order valence-electron chi connectivity index (χ3n) is 2.31. The van der Waals surface area contributed by atoms with Gasteiger partial charge in [0.15, 0.2) is 0 Å². The molecule has 1 heterocycles. The molecular weight excluding hydrogens is 282 g/mol. The minimum Gasteiger partial charge on any atom is -0.351 e. The van der Waals surface area contributed by atoms with Crippen LogP contribution in [0.3, 0.4) is 0 Å². The SMILES string of the molecule is CCCn1cc(Br)cc1C(=O)NCCCC#N. The van der Waals surface area contributed by atoms with Crippen molar-refractivity contribution in [3.8, 4) is 6.07 Å². The molecule has 5 heteroatoms. The Bertz CT molecular complexity index is 420. The normalized spacial score (nSPS) is 9.94. The van der Waals surface area contributed by atoms with Gasteiger partial charge < -0.3 is 9.88 Å². The average Bonchev–Trinajstić information content (AvgIpc) is 2.66. The Labute approximate surface area is 110 Å². The van der Waals surface area contributed by atoms with Gasteiger partial charge in [-0.15, -0.1) is 0 Å². The van der Waals surface area contributed by atoms with Crippen LogP contribution in [0.5, 0.6) is 0 Å². The van der Waals surface area contributed by atoms with E-state index in [1.165, 1.54) is 0 Å². The van der Waals surface area contributed by atoms with Crippen molar-refractivity contribution in [3.05, 3.63) is 22.4 Å². The van der Waals surface area contributed by atoms with Gasteiger partial charge in [0.05, 0.1) is 6.07 Å². The van der Waals surface area contributed by atoms with E-state index in [4.69, 9.17) is 5.26 Å². The number of unbranched alkanes of at least 4 members (excludes halogenated alkanes) is 1. The van der Waals surface area contributed by atoms with Crippen molar-refractivity contribution in [2.24, 2.45) is 0 Å². The van der Waals surface area contributed by atoms with E-state index in [2.05, 4.69) is 34.2 Å². The van der Waals surface area contributed by atoms with Crippen molar-refractivity contribution in [1.82, 2.24) is 9.88 Å². The zero-order valence-corrected chi connectivity index (χ0v) is 11.5. The lowest BCUT2D eigenvalue weighted by molar-refractivity contribution is 0.0944. The summed E-state index contributed by atoms with van der Waals surface area (Å²) in [6.45, 7) is 3.44. The molecule has 0 saturated carbocycles. The molecule has 4 nitrogen and oxygen atoms in total. The van der Waals surface area contributed by atoms with Crippen LogP contribution < -0.4 is 5.32 Å². The van der Waals surface area contributed by atoms with Crippen LogP contribution >= 0.6 is 15.9 Å². The highest BCUT2D eigenvalue weighted by Gasteiger charge is 2.11. The summed E-state index contributed by atoms with van der Waals surface area (Å²) in [5.41, 5.74) is 0.663. The van der Waals surface area contributed by atoms with E-state index in [1.54, 1.807) is 0 Å². The number of carbonyl (C=O) groups is 1. The highest BCUT2D eigenvalue weighted by Crippen LogP contribution is 2.15. The number of nitriles is 1. The molecule has 0 bridgehead atoms. The Hall–Kier alpha value is -1.28. The minimum absolute atomic E-state index is 0.0814. The van der Waals surface area contributed by atoms with Gasteiger partial charge in [0, 0.05) is 30.2 Å². The molecule has 92 valence electrons. The number of hydrogen-bond acceptors (Lipinski definition) is 2. The van der Waals surface area contributed by atoms with Crippen LogP contribution in [0, 0.1) is 11.3 Å². The standard InChI is InChI=1S/C12H16BrN3O/c1-2-7-16-9-10(13)8-11(16)12(17)15-6-4-3-5-14/h8-9H,2-4,6-7H2,1H3,(H,15,17). The summed E-state index contributed by atoms with van der Waals surface area (Å²) in [6, 6.07) is 3.87. The maximum atomic E-state index is 11.9. The topological polar surface area (TPSA) is 57.8 Å². The third kappa shape index (κ3) is 4.23. The van der Waals surface area contributed by atoms with Gasteiger partial charge in [-0.25, -0.2) is 0 Å². The Kier molecular flexibility index (Phi) is 5.78. The zero-order chi connectivity index (χ0) is 12.7. The fourth-order valence-electron chi connectivity index (χ4n) is 1.55. The lowest BCUT2D eigenvalue weighted by atomic mass is 10.3. The molecule has 0 fully saturated rings. The second-order valence-electron chi connectivity index (χ2n) is 3.75. The number of nitrogens with zero attached hydrogens (tertiary/aromatic N) is 2. The van der Waals surface area contributed by atoms with Crippen LogP contribution in [0.25, 0.3) is 0 Å². The molecule has 0 spiro atoms. The summed E-state index contributed by atoms with van der Waals surface area (Å²) in [5, 5.41) is 11.2. The van der Waals surface area contributed by atoms with E-state index < -0.39 is 0 Å². The molecule has 0 aliphatic rings. The molecule has 0 aliphatic heterocycles. The molecule has 1 N–H and O–H groups in total. The first-order valence-electron chi connectivity index (χ1n) is 5.69. The number of nitrogens with one attached hydrogen (secondary N) is 1. The molecule has 1 aromatic rings. The number of aryl methyl sites for hydroxylation is 1. The van der Waals surface area contributed by atoms with Crippen molar-refractivity contribution in [3.63, 3.8) is 0 Å². The number of halogens is 1. The number of amides is 1. The molecule has 1 amide bonds. The lowest BCUT2D eigenvalue weighted by Crippen LogP contribution is -2.26. The van der Waals surface area contributed by atoms with Crippen molar-refractivity contribution in [1.29, 1.82) is 5.26 Å². The number of rotatable bonds is 6. The van der Waals surface area contributed by atoms with Gasteiger partial charge in [0.1, 0.15) is 5.69 Å².